The number of hydrogen-bond acceptors (Lipinski definition) is 7. The number of anilines is 1. The van der Waals surface area contributed by atoms with Gasteiger partial charge in [-0.1, -0.05) is 17.4 Å². The Bertz CT molecular complexity index is 1160. The van der Waals surface area contributed by atoms with Crippen molar-refractivity contribution < 1.29 is 14.3 Å². The van der Waals surface area contributed by atoms with Crippen LogP contribution in [0.4, 0.5) is 5.13 Å². The molecule has 3 aromatic heterocycles. The van der Waals surface area contributed by atoms with Crippen molar-refractivity contribution in [2.75, 3.05) is 19.1 Å². The van der Waals surface area contributed by atoms with E-state index in [0.717, 1.165) is 16.0 Å². The molecule has 0 saturated carbocycles. The van der Waals surface area contributed by atoms with E-state index in [9.17, 15) is 4.79 Å². The quantitative estimate of drug-likeness (QED) is 0.471. The Kier molecular flexibility index (Phi) is 5.37. The first kappa shape index (κ1) is 19.8. The van der Waals surface area contributed by atoms with Crippen LogP contribution in [-0.2, 0) is 13.6 Å². The highest BCUT2D eigenvalue weighted by Gasteiger charge is 2.27. The fraction of sp³-hybridized carbons (Fsp3) is 0.238. The Morgan fingerprint density at radius 2 is 1.93 bits per heavy atom. The van der Waals surface area contributed by atoms with E-state index >= 15 is 0 Å². The summed E-state index contributed by atoms with van der Waals surface area (Å²) in [5, 5.41) is 4.87. The highest BCUT2D eigenvalue weighted by molar-refractivity contribution is 7.22. The third-order valence-corrected chi connectivity index (χ3v) is 5.73. The van der Waals surface area contributed by atoms with E-state index in [1.54, 1.807) is 43.1 Å². The number of hydrogen-bond donors (Lipinski definition) is 0. The molecule has 0 aliphatic carbocycles. The van der Waals surface area contributed by atoms with E-state index in [0.29, 0.717) is 27.8 Å². The molecule has 154 valence electrons. The normalized spacial score (nSPS) is 10.9. The maximum absolute atomic E-state index is 13.5. The van der Waals surface area contributed by atoms with Gasteiger partial charge in [0.15, 0.2) is 10.8 Å². The minimum Gasteiger partial charge on any atom is -0.495 e. The van der Waals surface area contributed by atoms with E-state index in [-0.39, 0.29) is 12.5 Å². The van der Waals surface area contributed by atoms with Gasteiger partial charge in [0.2, 0.25) is 0 Å². The van der Waals surface area contributed by atoms with E-state index in [2.05, 4.69) is 10.1 Å². The summed E-state index contributed by atoms with van der Waals surface area (Å²) in [6.07, 6.45) is 3.52. The summed E-state index contributed by atoms with van der Waals surface area (Å²) in [7, 11) is 4.99. The maximum Gasteiger partial charge on any atom is 0.281 e. The zero-order valence-corrected chi connectivity index (χ0v) is 17.9. The van der Waals surface area contributed by atoms with E-state index < -0.39 is 0 Å². The van der Waals surface area contributed by atoms with Crippen molar-refractivity contribution in [2.45, 2.75) is 13.5 Å². The number of carbonyl (C=O) groups excluding carboxylic acids is 1. The molecular formula is C21H21N5O3S. The number of nitrogens with zero attached hydrogens (tertiary/aromatic N) is 5. The van der Waals surface area contributed by atoms with Gasteiger partial charge in [-0.3, -0.25) is 19.4 Å². The smallest absolute Gasteiger partial charge is 0.281 e. The average Bonchev–Trinajstić information content (AvgIpc) is 3.34. The second-order valence-electron chi connectivity index (χ2n) is 6.69. The molecule has 0 saturated heterocycles. The van der Waals surface area contributed by atoms with Gasteiger partial charge in [0.1, 0.15) is 21.7 Å². The number of methoxy groups -OCH3 is 2. The summed E-state index contributed by atoms with van der Waals surface area (Å²) >= 11 is 1.37. The van der Waals surface area contributed by atoms with Gasteiger partial charge in [-0.2, -0.15) is 5.10 Å². The fourth-order valence-electron chi connectivity index (χ4n) is 3.22. The number of pyridine rings is 1. The van der Waals surface area contributed by atoms with Crippen molar-refractivity contribution >= 4 is 32.6 Å². The molecule has 0 N–H and O–H groups in total. The first-order chi connectivity index (χ1) is 14.5. The molecule has 0 atom stereocenters. The summed E-state index contributed by atoms with van der Waals surface area (Å²) < 4.78 is 13.4. The van der Waals surface area contributed by atoms with Crippen LogP contribution < -0.4 is 14.4 Å². The van der Waals surface area contributed by atoms with Crippen molar-refractivity contribution in [3.05, 3.63) is 59.7 Å². The average molecular weight is 423 g/mol. The Morgan fingerprint density at radius 1 is 1.17 bits per heavy atom. The number of carbonyl (C=O) groups is 1. The van der Waals surface area contributed by atoms with Crippen LogP contribution in [0.1, 0.15) is 21.7 Å². The molecule has 0 unspecified atom stereocenters. The van der Waals surface area contributed by atoms with Gasteiger partial charge in [0.25, 0.3) is 5.91 Å². The number of amides is 1. The first-order valence-electron chi connectivity index (χ1n) is 9.25. The first-order valence-corrected chi connectivity index (χ1v) is 10.1. The summed E-state index contributed by atoms with van der Waals surface area (Å²) in [6, 6.07) is 9.24. The Morgan fingerprint density at radius 3 is 2.57 bits per heavy atom. The van der Waals surface area contributed by atoms with Gasteiger partial charge >= 0.3 is 0 Å². The molecule has 4 rings (SSSR count). The second kappa shape index (κ2) is 8.11. The van der Waals surface area contributed by atoms with Crippen LogP contribution in [0.2, 0.25) is 0 Å². The molecular weight excluding hydrogens is 402 g/mol. The van der Waals surface area contributed by atoms with Gasteiger partial charge in [-0.25, -0.2) is 4.98 Å². The maximum atomic E-state index is 13.5. The third kappa shape index (κ3) is 3.59. The topological polar surface area (TPSA) is 82.4 Å². The highest BCUT2D eigenvalue weighted by atomic mass is 32.1. The highest BCUT2D eigenvalue weighted by Crippen LogP contribution is 2.40. The van der Waals surface area contributed by atoms with Gasteiger partial charge in [0, 0.05) is 25.0 Å². The van der Waals surface area contributed by atoms with Crippen LogP contribution in [0.3, 0.4) is 0 Å². The standard InChI is InChI=1S/C21H21N5O3S/c1-13-11-25(2)24-17(13)20(27)26(12-14-7-5-6-10-22-14)21-23-18-15(28-3)8-9-16(29-4)19(18)30-21/h5-11H,12H2,1-4H3. The predicted molar refractivity (Wildman–Crippen MR) is 115 cm³/mol. The molecule has 9 heteroatoms. The van der Waals surface area contributed by atoms with Gasteiger partial charge in [-0.15, -0.1) is 0 Å². The number of fused-ring (bicyclic) bond motifs is 1. The number of rotatable bonds is 6. The Labute approximate surface area is 177 Å². The molecule has 3 heterocycles. The largest absolute Gasteiger partial charge is 0.495 e. The van der Waals surface area contributed by atoms with E-state index in [1.807, 2.05) is 37.4 Å². The minimum atomic E-state index is -0.240. The lowest BCUT2D eigenvalue weighted by molar-refractivity contribution is 0.0978. The minimum absolute atomic E-state index is 0.240. The van der Waals surface area contributed by atoms with Crippen LogP contribution in [0.25, 0.3) is 10.2 Å². The number of aryl methyl sites for hydroxylation is 2. The third-order valence-electron chi connectivity index (χ3n) is 4.64. The molecule has 0 bridgehead atoms. The lowest BCUT2D eigenvalue weighted by Crippen LogP contribution is -2.31. The SMILES string of the molecule is COc1ccc(OC)c2sc(N(Cc3ccccn3)C(=O)c3nn(C)cc3C)nc12. The zero-order chi connectivity index (χ0) is 21.3. The Hall–Kier alpha value is -3.46. The summed E-state index contributed by atoms with van der Waals surface area (Å²) in [6.45, 7) is 2.13. The number of benzene rings is 1. The molecule has 0 spiro atoms. The van der Waals surface area contributed by atoms with Gasteiger partial charge in [-0.05, 0) is 31.2 Å². The lowest BCUT2D eigenvalue weighted by Gasteiger charge is -2.18. The van der Waals surface area contributed by atoms with Gasteiger partial charge < -0.3 is 9.47 Å². The van der Waals surface area contributed by atoms with E-state index in [1.165, 1.54) is 11.3 Å². The lowest BCUT2D eigenvalue weighted by atomic mass is 10.2. The fourth-order valence-corrected chi connectivity index (χ4v) is 4.29. The number of thiazole rings is 1. The predicted octanol–water partition coefficient (Wildman–Crippen LogP) is 3.60. The van der Waals surface area contributed by atoms with Crippen molar-refractivity contribution in [1.29, 1.82) is 0 Å². The summed E-state index contributed by atoms with van der Waals surface area (Å²) in [5.41, 5.74) is 2.57. The molecule has 0 aliphatic heterocycles. The van der Waals surface area contributed by atoms with Crippen LogP contribution in [-0.4, -0.2) is 39.9 Å². The molecule has 30 heavy (non-hydrogen) atoms. The molecule has 0 fully saturated rings. The molecule has 8 nitrogen and oxygen atoms in total. The van der Waals surface area contributed by atoms with Crippen LogP contribution in [0.15, 0.2) is 42.7 Å². The zero-order valence-electron chi connectivity index (χ0n) is 17.1. The van der Waals surface area contributed by atoms with E-state index in [4.69, 9.17) is 14.5 Å². The van der Waals surface area contributed by atoms with Crippen molar-refractivity contribution in [1.82, 2.24) is 19.7 Å². The second-order valence-corrected chi connectivity index (χ2v) is 7.67. The van der Waals surface area contributed by atoms with Crippen molar-refractivity contribution in [3.63, 3.8) is 0 Å². The Balaban J connectivity index is 1.85. The molecule has 1 aromatic carbocycles. The monoisotopic (exact) mass is 423 g/mol. The number of ether oxygens (including phenoxy) is 2. The van der Waals surface area contributed by atoms with Crippen LogP contribution in [0, 0.1) is 6.92 Å². The molecule has 4 aromatic rings. The molecule has 0 aliphatic rings. The van der Waals surface area contributed by atoms with Crippen molar-refractivity contribution in [2.24, 2.45) is 7.05 Å². The van der Waals surface area contributed by atoms with Crippen LogP contribution in [0.5, 0.6) is 11.5 Å². The van der Waals surface area contributed by atoms with Crippen molar-refractivity contribution in [3.8, 4) is 11.5 Å². The summed E-state index contributed by atoms with van der Waals surface area (Å²) in [4.78, 5) is 24.2. The number of aromatic nitrogens is 4. The molecule has 0 radical (unpaired) electrons. The summed E-state index contributed by atoms with van der Waals surface area (Å²) in [5.74, 6) is 1.05. The van der Waals surface area contributed by atoms with Crippen LogP contribution >= 0.6 is 11.3 Å². The molecule has 1 amide bonds. The van der Waals surface area contributed by atoms with Gasteiger partial charge in [0.05, 0.1) is 26.5 Å².